The van der Waals surface area contributed by atoms with Crippen LogP contribution in [0.4, 0.5) is 21.5 Å². The molecule has 0 aliphatic rings. The Morgan fingerprint density at radius 2 is 2.00 bits per heavy atom. The van der Waals surface area contributed by atoms with Gasteiger partial charge in [0.15, 0.2) is 0 Å². The van der Waals surface area contributed by atoms with Crippen LogP contribution in [0.1, 0.15) is 15.9 Å². The van der Waals surface area contributed by atoms with Gasteiger partial charge in [-0.1, -0.05) is 6.07 Å². The van der Waals surface area contributed by atoms with Gasteiger partial charge in [0.2, 0.25) is 0 Å². The van der Waals surface area contributed by atoms with E-state index in [1.54, 1.807) is 19.1 Å². The molecule has 2 aromatic rings. The molecule has 0 unspecified atom stereocenters. The summed E-state index contributed by atoms with van der Waals surface area (Å²) in [6.07, 6.45) is 0. The minimum absolute atomic E-state index is 0.115. The van der Waals surface area contributed by atoms with Crippen molar-refractivity contribution in [3.63, 3.8) is 0 Å². The van der Waals surface area contributed by atoms with Gasteiger partial charge in [-0.05, 0) is 42.8 Å². The molecule has 0 amide bonds. The molecule has 0 aromatic heterocycles. The van der Waals surface area contributed by atoms with Crippen LogP contribution >= 0.6 is 0 Å². The van der Waals surface area contributed by atoms with E-state index in [1.807, 2.05) is 0 Å². The fourth-order valence-electron chi connectivity index (χ4n) is 1.62. The molecule has 98 valence electrons. The lowest BCUT2D eigenvalue weighted by atomic mass is 10.1. The first-order valence-electron chi connectivity index (χ1n) is 5.63. The molecular formula is C14H13FN2O2. The van der Waals surface area contributed by atoms with E-state index in [1.165, 1.54) is 24.3 Å². The molecule has 19 heavy (non-hydrogen) atoms. The summed E-state index contributed by atoms with van der Waals surface area (Å²) in [5.74, 6) is -1.38. The maximum Gasteiger partial charge on any atom is 0.335 e. The fraction of sp³-hybridized carbons (Fsp3) is 0.0714. The molecule has 0 fully saturated rings. The van der Waals surface area contributed by atoms with Crippen LogP contribution in [-0.4, -0.2) is 11.1 Å². The standard InChI is InChI=1S/C14H13FN2O2/c1-8-2-4-10(7-11(8)15)17-13-6-9(14(18)19)3-5-12(13)16/h2-7,17H,16H2,1H3,(H,18,19). The number of carboxylic acids is 1. The van der Waals surface area contributed by atoms with Gasteiger partial charge in [0.05, 0.1) is 16.9 Å². The maximum atomic E-state index is 13.4. The molecule has 4 nitrogen and oxygen atoms in total. The van der Waals surface area contributed by atoms with Crippen LogP contribution < -0.4 is 11.1 Å². The van der Waals surface area contributed by atoms with Crippen molar-refractivity contribution in [3.05, 3.63) is 53.3 Å². The Morgan fingerprint density at radius 3 is 2.63 bits per heavy atom. The van der Waals surface area contributed by atoms with Crippen LogP contribution in [0.3, 0.4) is 0 Å². The van der Waals surface area contributed by atoms with E-state index in [2.05, 4.69) is 5.32 Å². The molecule has 5 heteroatoms. The van der Waals surface area contributed by atoms with Gasteiger partial charge in [-0.2, -0.15) is 0 Å². The average molecular weight is 260 g/mol. The Morgan fingerprint density at radius 1 is 1.26 bits per heavy atom. The summed E-state index contributed by atoms with van der Waals surface area (Å²) in [7, 11) is 0. The van der Waals surface area contributed by atoms with E-state index >= 15 is 0 Å². The van der Waals surface area contributed by atoms with Crippen molar-refractivity contribution in [3.8, 4) is 0 Å². The molecule has 0 bridgehead atoms. The predicted molar refractivity (Wildman–Crippen MR) is 72.2 cm³/mol. The number of nitrogens with one attached hydrogen (secondary N) is 1. The Hall–Kier alpha value is -2.56. The van der Waals surface area contributed by atoms with Crippen LogP contribution in [0.25, 0.3) is 0 Å². The molecule has 0 aliphatic carbocycles. The third kappa shape index (κ3) is 2.82. The molecule has 4 N–H and O–H groups in total. The maximum absolute atomic E-state index is 13.4. The zero-order chi connectivity index (χ0) is 14.0. The topological polar surface area (TPSA) is 75.3 Å². The molecule has 2 aromatic carbocycles. The first kappa shape index (κ1) is 12.9. The fourth-order valence-corrected chi connectivity index (χ4v) is 1.62. The lowest BCUT2D eigenvalue weighted by Gasteiger charge is -2.11. The number of nitrogens with two attached hydrogens (primary N) is 1. The summed E-state index contributed by atoms with van der Waals surface area (Å²) >= 11 is 0. The van der Waals surface area contributed by atoms with Gasteiger partial charge in [0.1, 0.15) is 5.82 Å². The summed E-state index contributed by atoms with van der Waals surface area (Å²) in [5, 5.41) is 11.8. The average Bonchev–Trinajstić information content (AvgIpc) is 2.36. The van der Waals surface area contributed by atoms with E-state index in [-0.39, 0.29) is 11.4 Å². The highest BCUT2D eigenvalue weighted by Crippen LogP contribution is 2.25. The number of carbonyl (C=O) groups is 1. The first-order chi connectivity index (χ1) is 8.97. The number of nitrogen functional groups attached to an aromatic ring is 1. The molecule has 0 radical (unpaired) electrons. The van der Waals surface area contributed by atoms with Gasteiger partial charge < -0.3 is 16.2 Å². The monoisotopic (exact) mass is 260 g/mol. The zero-order valence-corrected chi connectivity index (χ0v) is 10.3. The summed E-state index contributed by atoms with van der Waals surface area (Å²) in [5.41, 5.74) is 7.75. The van der Waals surface area contributed by atoms with Crippen LogP contribution in [-0.2, 0) is 0 Å². The number of benzene rings is 2. The van der Waals surface area contributed by atoms with Crippen LogP contribution in [0.5, 0.6) is 0 Å². The van der Waals surface area contributed by atoms with E-state index in [9.17, 15) is 9.18 Å². The second-order valence-corrected chi connectivity index (χ2v) is 4.20. The van der Waals surface area contributed by atoms with Gasteiger partial charge in [0.25, 0.3) is 0 Å². The van der Waals surface area contributed by atoms with Crippen molar-refractivity contribution in [1.29, 1.82) is 0 Å². The van der Waals surface area contributed by atoms with E-state index in [0.29, 0.717) is 22.6 Å². The quantitative estimate of drug-likeness (QED) is 0.741. The number of aromatic carboxylic acids is 1. The molecule has 0 saturated heterocycles. The molecular weight excluding hydrogens is 247 g/mol. The lowest BCUT2D eigenvalue weighted by Crippen LogP contribution is -2.01. The van der Waals surface area contributed by atoms with Crippen molar-refractivity contribution < 1.29 is 14.3 Å². The van der Waals surface area contributed by atoms with Gasteiger partial charge in [-0.25, -0.2) is 9.18 Å². The van der Waals surface area contributed by atoms with Gasteiger partial charge >= 0.3 is 5.97 Å². The molecule has 0 atom stereocenters. The largest absolute Gasteiger partial charge is 0.478 e. The number of rotatable bonds is 3. The summed E-state index contributed by atoms with van der Waals surface area (Å²) in [6.45, 7) is 1.67. The van der Waals surface area contributed by atoms with E-state index < -0.39 is 5.97 Å². The number of aryl methyl sites for hydroxylation is 1. The zero-order valence-electron chi connectivity index (χ0n) is 10.3. The third-order valence-corrected chi connectivity index (χ3v) is 2.75. The first-order valence-corrected chi connectivity index (χ1v) is 5.63. The number of hydrogen-bond donors (Lipinski definition) is 3. The van der Waals surface area contributed by atoms with Gasteiger partial charge in [-0.3, -0.25) is 0 Å². The lowest BCUT2D eigenvalue weighted by molar-refractivity contribution is 0.0697. The normalized spacial score (nSPS) is 10.2. The van der Waals surface area contributed by atoms with Crippen LogP contribution in [0.15, 0.2) is 36.4 Å². The van der Waals surface area contributed by atoms with E-state index in [4.69, 9.17) is 10.8 Å². The minimum atomic E-state index is -1.04. The SMILES string of the molecule is Cc1ccc(Nc2cc(C(=O)O)ccc2N)cc1F. The smallest absolute Gasteiger partial charge is 0.335 e. The highest BCUT2D eigenvalue weighted by atomic mass is 19.1. The summed E-state index contributed by atoms with van der Waals surface area (Å²) in [6, 6.07) is 8.99. The predicted octanol–water partition coefficient (Wildman–Crippen LogP) is 3.16. The van der Waals surface area contributed by atoms with Gasteiger partial charge in [-0.15, -0.1) is 0 Å². The second kappa shape index (κ2) is 4.97. The summed E-state index contributed by atoms with van der Waals surface area (Å²) in [4.78, 5) is 10.9. The highest BCUT2D eigenvalue weighted by Gasteiger charge is 2.07. The van der Waals surface area contributed by atoms with Gasteiger partial charge in [0, 0.05) is 5.69 Å². The second-order valence-electron chi connectivity index (χ2n) is 4.20. The van der Waals surface area contributed by atoms with Crippen molar-refractivity contribution in [2.75, 3.05) is 11.1 Å². The minimum Gasteiger partial charge on any atom is -0.478 e. The summed E-state index contributed by atoms with van der Waals surface area (Å²) < 4.78 is 13.4. The van der Waals surface area contributed by atoms with Crippen molar-refractivity contribution in [2.24, 2.45) is 0 Å². The Balaban J connectivity index is 2.34. The molecule has 2 rings (SSSR count). The van der Waals surface area contributed by atoms with E-state index in [0.717, 1.165) is 0 Å². The number of halogens is 1. The molecule has 0 aliphatic heterocycles. The number of hydrogen-bond acceptors (Lipinski definition) is 3. The number of carboxylic acid groups (broad SMARTS) is 1. The van der Waals surface area contributed by atoms with Crippen LogP contribution in [0.2, 0.25) is 0 Å². The molecule has 0 saturated carbocycles. The van der Waals surface area contributed by atoms with Crippen molar-refractivity contribution >= 4 is 23.0 Å². The Kier molecular flexibility index (Phi) is 3.37. The highest BCUT2D eigenvalue weighted by molar-refractivity contribution is 5.91. The molecule has 0 spiro atoms. The van der Waals surface area contributed by atoms with Crippen LogP contribution in [0, 0.1) is 12.7 Å². The Bertz CT molecular complexity index is 641. The van der Waals surface area contributed by atoms with Crippen molar-refractivity contribution in [2.45, 2.75) is 6.92 Å². The number of anilines is 3. The third-order valence-electron chi connectivity index (χ3n) is 2.75. The Labute approximate surface area is 109 Å². The molecule has 0 heterocycles. The van der Waals surface area contributed by atoms with Crippen molar-refractivity contribution in [1.82, 2.24) is 0 Å².